The van der Waals surface area contributed by atoms with Gasteiger partial charge in [0.1, 0.15) is 0 Å². The van der Waals surface area contributed by atoms with Crippen LogP contribution in [0.1, 0.15) is 5.56 Å². The summed E-state index contributed by atoms with van der Waals surface area (Å²) in [5, 5.41) is 3.26. The van der Waals surface area contributed by atoms with E-state index < -0.39 is 0 Å². The minimum atomic E-state index is 0.238. The van der Waals surface area contributed by atoms with E-state index in [0.717, 1.165) is 39.4 Å². The maximum absolute atomic E-state index is 5.52. The summed E-state index contributed by atoms with van der Waals surface area (Å²) in [6.45, 7) is 0.825. The fourth-order valence-electron chi connectivity index (χ4n) is 3.15. The van der Waals surface area contributed by atoms with Gasteiger partial charge in [-0.15, -0.1) is 0 Å². The topological polar surface area (TPSA) is 82.1 Å². The van der Waals surface area contributed by atoms with Crippen molar-refractivity contribution in [2.75, 3.05) is 12.1 Å². The number of nitrogens with zero attached hydrogens (tertiary/aromatic N) is 4. The maximum atomic E-state index is 5.52. The van der Waals surface area contributed by atoms with Crippen LogP contribution in [0.15, 0.2) is 73.4 Å². The Hall–Kier alpha value is -4.00. The summed E-state index contributed by atoms with van der Waals surface area (Å²) in [5.74, 6) is 2.00. The van der Waals surface area contributed by atoms with Gasteiger partial charge in [0.15, 0.2) is 11.5 Å². The van der Waals surface area contributed by atoms with Crippen LogP contribution >= 0.6 is 0 Å². The van der Waals surface area contributed by atoms with Crippen molar-refractivity contribution in [3.05, 3.63) is 79.0 Å². The third-order valence-corrected chi connectivity index (χ3v) is 4.58. The van der Waals surface area contributed by atoms with Crippen molar-refractivity contribution in [3.63, 3.8) is 0 Å². The van der Waals surface area contributed by atoms with Gasteiger partial charge in [0, 0.05) is 48.7 Å². The van der Waals surface area contributed by atoms with E-state index in [1.54, 1.807) is 18.6 Å². The van der Waals surface area contributed by atoms with Crippen molar-refractivity contribution in [2.24, 2.45) is 0 Å². The second-order valence-corrected chi connectivity index (χ2v) is 6.48. The zero-order chi connectivity index (χ0) is 19.5. The highest BCUT2D eigenvalue weighted by atomic mass is 16.7. The van der Waals surface area contributed by atoms with Gasteiger partial charge < -0.3 is 14.8 Å². The fourth-order valence-corrected chi connectivity index (χ4v) is 3.15. The van der Waals surface area contributed by atoms with Crippen LogP contribution in [0.2, 0.25) is 0 Å². The molecule has 0 saturated heterocycles. The molecule has 1 N–H and O–H groups in total. The molecule has 0 unspecified atom stereocenters. The van der Waals surface area contributed by atoms with Gasteiger partial charge in [-0.2, -0.15) is 0 Å². The van der Waals surface area contributed by atoms with Gasteiger partial charge in [-0.05, 0) is 41.5 Å². The normalized spacial score (nSPS) is 12.0. The second kappa shape index (κ2) is 7.55. The first-order chi connectivity index (χ1) is 14.4. The average Bonchev–Trinajstić information content (AvgIpc) is 3.27. The summed E-state index contributed by atoms with van der Waals surface area (Å²) in [6.07, 6.45) is 8.92. The van der Waals surface area contributed by atoms with Gasteiger partial charge in [0.25, 0.3) is 0 Å². The Morgan fingerprint density at radius 1 is 0.862 bits per heavy atom. The number of rotatable bonds is 5. The molecule has 1 aliphatic heterocycles. The number of benzene rings is 1. The van der Waals surface area contributed by atoms with Crippen LogP contribution in [0.5, 0.6) is 11.5 Å². The van der Waals surface area contributed by atoms with Gasteiger partial charge in [-0.1, -0.05) is 12.1 Å². The molecule has 0 fully saturated rings. The minimum Gasteiger partial charge on any atom is -0.454 e. The molecular weight excluding hydrogens is 366 g/mol. The Kier molecular flexibility index (Phi) is 4.46. The molecule has 3 aromatic heterocycles. The highest BCUT2D eigenvalue weighted by Crippen LogP contribution is 2.38. The van der Waals surface area contributed by atoms with Crippen molar-refractivity contribution >= 4 is 5.95 Å². The van der Waals surface area contributed by atoms with Crippen molar-refractivity contribution in [1.29, 1.82) is 0 Å². The molecule has 142 valence electrons. The number of ether oxygens (including phenoxy) is 2. The van der Waals surface area contributed by atoms with Gasteiger partial charge in [-0.3, -0.25) is 9.97 Å². The first-order valence-corrected chi connectivity index (χ1v) is 9.17. The molecule has 1 aliphatic rings. The number of hydrogen-bond donors (Lipinski definition) is 1. The van der Waals surface area contributed by atoms with Crippen LogP contribution in [0.4, 0.5) is 5.95 Å². The molecule has 4 aromatic rings. The third kappa shape index (κ3) is 3.58. The fraction of sp³-hybridized carbons (Fsp3) is 0.0909. The Bertz CT molecular complexity index is 1140. The molecule has 0 radical (unpaired) electrons. The summed E-state index contributed by atoms with van der Waals surface area (Å²) < 4.78 is 10.9. The molecule has 7 heteroatoms. The Morgan fingerprint density at radius 2 is 1.72 bits per heavy atom. The lowest BCUT2D eigenvalue weighted by molar-refractivity contribution is 0.174. The largest absolute Gasteiger partial charge is 0.454 e. The molecule has 0 amide bonds. The molecule has 29 heavy (non-hydrogen) atoms. The number of hydrogen-bond acceptors (Lipinski definition) is 7. The third-order valence-electron chi connectivity index (χ3n) is 4.58. The number of anilines is 1. The quantitative estimate of drug-likeness (QED) is 0.559. The van der Waals surface area contributed by atoms with E-state index in [9.17, 15) is 0 Å². The predicted octanol–water partition coefficient (Wildman–Crippen LogP) is 3.94. The van der Waals surface area contributed by atoms with Crippen molar-refractivity contribution in [3.8, 4) is 33.9 Å². The lowest BCUT2D eigenvalue weighted by Crippen LogP contribution is -2.05. The predicted molar refractivity (Wildman–Crippen MR) is 108 cm³/mol. The van der Waals surface area contributed by atoms with E-state index in [0.29, 0.717) is 12.5 Å². The van der Waals surface area contributed by atoms with Crippen LogP contribution in [0, 0.1) is 0 Å². The average molecular weight is 383 g/mol. The summed E-state index contributed by atoms with van der Waals surface area (Å²) in [5.41, 5.74) is 4.60. The van der Waals surface area contributed by atoms with E-state index in [-0.39, 0.29) is 6.79 Å². The van der Waals surface area contributed by atoms with Gasteiger partial charge in [0.05, 0.1) is 5.69 Å². The minimum absolute atomic E-state index is 0.238. The zero-order valence-electron chi connectivity index (χ0n) is 15.4. The highest BCUT2D eigenvalue weighted by Gasteiger charge is 2.17. The summed E-state index contributed by atoms with van der Waals surface area (Å²) in [4.78, 5) is 17.7. The summed E-state index contributed by atoms with van der Waals surface area (Å²) in [7, 11) is 0. The molecule has 5 rings (SSSR count). The molecule has 4 heterocycles. The van der Waals surface area contributed by atoms with Crippen LogP contribution in [0.3, 0.4) is 0 Å². The number of nitrogens with one attached hydrogen (secondary N) is 1. The van der Waals surface area contributed by atoms with E-state index >= 15 is 0 Å². The van der Waals surface area contributed by atoms with Gasteiger partial charge in [0.2, 0.25) is 12.7 Å². The molecule has 0 spiro atoms. The van der Waals surface area contributed by atoms with Crippen LogP contribution < -0.4 is 14.8 Å². The SMILES string of the molecule is c1cncc(CNc2ncc(-c3ccc4c(c3)OCO4)c(-c3cccnc3)n2)c1. The summed E-state index contributed by atoms with van der Waals surface area (Å²) >= 11 is 0. The van der Waals surface area contributed by atoms with Gasteiger partial charge in [-0.25, -0.2) is 9.97 Å². The van der Waals surface area contributed by atoms with E-state index in [2.05, 4.69) is 20.3 Å². The number of fused-ring (bicyclic) bond motifs is 1. The van der Waals surface area contributed by atoms with Gasteiger partial charge >= 0.3 is 0 Å². The molecule has 7 nitrogen and oxygen atoms in total. The van der Waals surface area contributed by atoms with Crippen LogP contribution in [0.25, 0.3) is 22.4 Å². The van der Waals surface area contributed by atoms with Crippen LogP contribution in [-0.4, -0.2) is 26.7 Å². The molecular formula is C22H17N5O2. The monoisotopic (exact) mass is 383 g/mol. The molecule has 0 bridgehead atoms. The Morgan fingerprint density at radius 3 is 2.55 bits per heavy atom. The lowest BCUT2D eigenvalue weighted by Gasteiger charge is -2.12. The lowest BCUT2D eigenvalue weighted by atomic mass is 10.0. The highest BCUT2D eigenvalue weighted by molar-refractivity contribution is 5.81. The smallest absolute Gasteiger partial charge is 0.231 e. The number of pyridine rings is 2. The van der Waals surface area contributed by atoms with Crippen molar-refractivity contribution < 1.29 is 9.47 Å². The van der Waals surface area contributed by atoms with E-state index in [1.807, 2.05) is 54.9 Å². The van der Waals surface area contributed by atoms with E-state index in [4.69, 9.17) is 14.5 Å². The van der Waals surface area contributed by atoms with E-state index in [1.165, 1.54) is 0 Å². The number of aromatic nitrogens is 4. The Labute approximate surface area is 167 Å². The molecule has 0 aliphatic carbocycles. The van der Waals surface area contributed by atoms with Crippen molar-refractivity contribution in [1.82, 2.24) is 19.9 Å². The molecule has 0 atom stereocenters. The first kappa shape index (κ1) is 17.1. The summed E-state index contributed by atoms with van der Waals surface area (Å²) in [6, 6.07) is 13.6. The first-order valence-electron chi connectivity index (χ1n) is 9.17. The molecule has 1 aromatic carbocycles. The zero-order valence-corrected chi connectivity index (χ0v) is 15.4. The molecule has 0 saturated carbocycles. The Balaban J connectivity index is 1.52. The maximum Gasteiger partial charge on any atom is 0.231 e. The van der Waals surface area contributed by atoms with Crippen LogP contribution in [-0.2, 0) is 6.54 Å². The second-order valence-electron chi connectivity index (χ2n) is 6.48. The standard InChI is InChI=1S/C22H17N5O2/c1-3-15(10-23-7-1)11-25-22-26-13-18(21(27-22)17-4-2-8-24-12-17)16-5-6-19-20(9-16)29-14-28-19/h1-10,12-13H,11,14H2,(H,25,26,27). The van der Waals surface area contributed by atoms with Crippen molar-refractivity contribution in [2.45, 2.75) is 6.54 Å².